The van der Waals surface area contributed by atoms with Crippen LogP contribution in [-0.2, 0) is 28.0 Å². The van der Waals surface area contributed by atoms with Gasteiger partial charge in [0.1, 0.15) is 11.5 Å². The lowest BCUT2D eigenvalue weighted by Gasteiger charge is -2.09. The van der Waals surface area contributed by atoms with Gasteiger partial charge in [0.2, 0.25) is 0 Å². The van der Waals surface area contributed by atoms with Gasteiger partial charge in [0.25, 0.3) is 5.91 Å². The van der Waals surface area contributed by atoms with Gasteiger partial charge >= 0.3 is 10.4 Å². The summed E-state index contributed by atoms with van der Waals surface area (Å²) in [5, 5.41) is 24.3. The molecular weight excluding hydrogens is 536 g/mol. The molecule has 0 spiro atoms. The maximum Gasteiger partial charge on any atom is 0.446 e. The van der Waals surface area contributed by atoms with Crippen LogP contribution >= 0.6 is 31.9 Å². The van der Waals surface area contributed by atoms with Crippen LogP contribution in [0.2, 0.25) is 0 Å². The predicted molar refractivity (Wildman–Crippen MR) is 112 cm³/mol. The number of rotatable bonds is 8. The number of nitrogens with zero attached hydrogens (tertiary/aromatic N) is 1. The molecule has 0 atom stereocenters. The van der Waals surface area contributed by atoms with Gasteiger partial charge in [-0.25, -0.2) is 0 Å². The molecule has 0 aliphatic rings. The SMILES string of the molecule is O=C(NCCc1ccc(OS(=O)(=O)O)c(Br)c1)/C(Cc1ccc(O)c(Br)c1)=N/O. The average Bonchev–Trinajstić information content (AvgIpc) is 2.63. The quantitative estimate of drug-likeness (QED) is 0.171. The second kappa shape index (κ2) is 10.1. The van der Waals surface area contributed by atoms with Crippen LogP contribution in [0.5, 0.6) is 11.5 Å². The highest BCUT2D eigenvalue weighted by molar-refractivity contribution is 9.10. The smallest absolute Gasteiger partial charge is 0.446 e. The van der Waals surface area contributed by atoms with Gasteiger partial charge in [-0.1, -0.05) is 17.3 Å². The van der Waals surface area contributed by atoms with Gasteiger partial charge in [0.15, 0.2) is 5.75 Å². The molecule has 2 rings (SSSR count). The summed E-state index contributed by atoms with van der Waals surface area (Å²) in [6, 6.07) is 9.19. The van der Waals surface area contributed by atoms with E-state index < -0.39 is 16.3 Å². The average molecular weight is 552 g/mol. The fourth-order valence-corrected chi connectivity index (χ4v) is 3.73. The highest BCUT2D eigenvalue weighted by atomic mass is 79.9. The van der Waals surface area contributed by atoms with Crippen molar-refractivity contribution in [3.05, 3.63) is 56.5 Å². The Morgan fingerprint density at radius 2 is 1.76 bits per heavy atom. The minimum atomic E-state index is -4.62. The molecule has 0 radical (unpaired) electrons. The Balaban J connectivity index is 1.92. The molecule has 0 fully saturated rings. The van der Waals surface area contributed by atoms with Gasteiger partial charge in [-0.2, -0.15) is 8.42 Å². The molecule has 0 aliphatic heterocycles. The number of aromatic hydroxyl groups is 1. The first kappa shape index (κ1) is 23.1. The maximum atomic E-state index is 12.2. The highest BCUT2D eigenvalue weighted by Gasteiger charge is 2.14. The van der Waals surface area contributed by atoms with E-state index in [1.165, 1.54) is 12.1 Å². The fourth-order valence-electron chi connectivity index (χ4n) is 2.32. The van der Waals surface area contributed by atoms with Gasteiger partial charge in [0, 0.05) is 13.0 Å². The zero-order chi connectivity index (χ0) is 21.6. The number of hydrogen-bond acceptors (Lipinski definition) is 7. The van der Waals surface area contributed by atoms with E-state index in [9.17, 15) is 18.3 Å². The van der Waals surface area contributed by atoms with E-state index in [4.69, 9.17) is 9.76 Å². The first-order valence-electron chi connectivity index (χ1n) is 8.01. The van der Waals surface area contributed by atoms with Crippen LogP contribution in [0, 0.1) is 0 Å². The van der Waals surface area contributed by atoms with E-state index in [2.05, 4.69) is 46.5 Å². The van der Waals surface area contributed by atoms with E-state index in [1.807, 2.05) is 0 Å². The third-order valence-electron chi connectivity index (χ3n) is 3.66. The van der Waals surface area contributed by atoms with Gasteiger partial charge < -0.3 is 19.8 Å². The number of amides is 1. The van der Waals surface area contributed by atoms with Crippen LogP contribution in [0.4, 0.5) is 0 Å². The molecule has 0 unspecified atom stereocenters. The van der Waals surface area contributed by atoms with Gasteiger partial charge in [-0.15, -0.1) is 0 Å². The summed E-state index contributed by atoms with van der Waals surface area (Å²) in [6.07, 6.45) is 0.467. The summed E-state index contributed by atoms with van der Waals surface area (Å²) in [5.41, 5.74) is 1.32. The van der Waals surface area contributed by atoms with Crippen LogP contribution in [0.3, 0.4) is 0 Å². The van der Waals surface area contributed by atoms with E-state index in [1.54, 1.807) is 24.3 Å². The lowest BCUT2D eigenvalue weighted by Crippen LogP contribution is -2.33. The van der Waals surface area contributed by atoms with E-state index in [0.717, 1.165) is 5.56 Å². The van der Waals surface area contributed by atoms with Crippen LogP contribution in [0.1, 0.15) is 11.1 Å². The molecule has 2 aromatic carbocycles. The monoisotopic (exact) mass is 550 g/mol. The molecule has 4 N–H and O–H groups in total. The topological polar surface area (TPSA) is 146 Å². The van der Waals surface area contributed by atoms with Crippen molar-refractivity contribution in [1.29, 1.82) is 0 Å². The molecule has 0 aliphatic carbocycles. The second-order valence-corrected chi connectivity index (χ2v) is 8.52. The molecule has 0 bridgehead atoms. The van der Waals surface area contributed by atoms with Crippen LogP contribution in [-0.4, -0.2) is 41.4 Å². The number of benzene rings is 2. The summed E-state index contributed by atoms with van der Waals surface area (Å²) in [4.78, 5) is 12.2. The number of hydrogen-bond donors (Lipinski definition) is 4. The van der Waals surface area contributed by atoms with Crippen molar-refractivity contribution in [2.75, 3.05) is 6.54 Å². The molecule has 0 saturated heterocycles. The summed E-state index contributed by atoms with van der Waals surface area (Å²) in [5.74, 6) is -0.572. The number of carbonyl (C=O) groups is 1. The molecule has 12 heteroatoms. The number of carbonyl (C=O) groups excluding carboxylic acids is 1. The molecular formula is C17H16Br2N2O7S. The number of halogens is 2. The largest absolute Gasteiger partial charge is 0.507 e. The van der Waals surface area contributed by atoms with Crippen molar-refractivity contribution in [2.45, 2.75) is 12.8 Å². The molecule has 1 amide bonds. The highest BCUT2D eigenvalue weighted by Crippen LogP contribution is 2.27. The van der Waals surface area contributed by atoms with Crippen molar-refractivity contribution < 1.29 is 32.3 Å². The molecule has 0 saturated carbocycles. The number of oxime groups is 1. The maximum absolute atomic E-state index is 12.2. The molecule has 0 aromatic heterocycles. The van der Waals surface area contributed by atoms with Crippen LogP contribution in [0.25, 0.3) is 0 Å². The Labute approximate surface area is 183 Å². The van der Waals surface area contributed by atoms with Crippen molar-refractivity contribution in [3.8, 4) is 11.5 Å². The Hall–Kier alpha value is -2.15. The summed E-state index contributed by atoms with van der Waals surface area (Å²) in [6.45, 7) is 0.224. The molecule has 2 aromatic rings. The summed E-state index contributed by atoms with van der Waals surface area (Å²) in [7, 11) is -4.62. The number of phenolic OH excluding ortho intramolecular Hbond substituents is 1. The zero-order valence-corrected chi connectivity index (χ0v) is 18.7. The molecule has 0 heterocycles. The predicted octanol–water partition coefficient (Wildman–Crippen LogP) is 2.83. The summed E-state index contributed by atoms with van der Waals surface area (Å²) >= 11 is 6.32. The lowest BCUT2D eigenvalue weighted by molar-refractivity contribution is -0.115. The Morgan fingerprint density at radius 1 is 1.10 bits per heavy atom. The second-order valence-electron chi connectivity index (χ2n) is 5.79. The molecule has 29 heavy (non-hydrogen) atoms. The minimum Gasteiger partial charge on any atom is -0.507 e. The summed E-state index contributed by atoms with van der Waals surface area (Å²) < 4.78 is 35.4. The van der Waals surface area contributed by atoms with Crippen LogP contribution in [0.15, 0.2) is 50.5 Å². The third-order valence-corrected chi connectivity index (χ3v) is 5.30. The first-order chi connectivity index (χ1) is 13.6. The third kappa shape index (κ3) is 7.31. The zero-order valence-electron chi connectivity index (χ0n) is 14.7. The van der Waals surface area contributed by atoms with Crippen molar-refractivity contribution >= 4 is 53.9 Å². The van der Waals surface area contributed by atoms with Gasteiger partial charge in [-0.3, -0.25) is 9.35 Å². The van der Waals surface area contributed by atoms with Crippen molar-refractivity contribution in [2.24, 2.45) is 5.16 Å². The van der Waals surface area contributed by atoms with Crippen molar-refractivity contribution in [3.63, 3.8) is 0 Å². The Morgan fingerprint density at radius 3 is 2.34 bits per heavy atom. The standard InChI is InChI=1S/C17H16Br2N2O7S/c18-12-8-11(1-3-15(12)22)9-14(21-24)17(23)20-6-5-10-2-4-16(13(19)7-10)28-29(25,26)27/h1-4,7-8,22,24H,5-6,9H2,(H,20,23)(H,25,26,27)/b21-14+. The Bertz CT molecular complexity index is 1040. The van der Waals surface area contributed by atoms with Gasteiger partial charge in [-0.05, 0) is 73.7 Å². The fraction of sp³-hybridized carbons (Fsp3) is 0.176. The Kier molecular flexibility index (Phi) is 8.02. The minimum absolute atomic E-state index is 0.0554. The number of phenols is 1. The molecule has 9 nitrogen and oxygen atoms in total. The van der Waals surface area contributed by atoms with Gasteiger partial charge in [0.05, 0.1) is 8.95 Å². The van der Waals surface area contributed by atoms with E-state index in [0.29, 0.717) is 20.9 Å². The lowest BCUT2D eigenvalue weighted by atomic mass is 10.1. The number of nitrogens with one attached hydrogen (secondary N) is 1. The van der Waals surface area contributed by atoms with E-state index >= 15 is 0 Å². The molecule has 156 valence electrons. The van der Waals surface area contributed by atoms with Crippen molar-refractivity contribution in [1.82, 2.24) is 5.32 Å². The van der Waals surface area contributed by atoms with Crippen LogP contribution < -0.4 is 9.50 Å². The van der Waals surface area contributed by atoms with E-state index in [-0.39, 0.29) is 30.2 Å². The first-order valence-corrected chi connectivity index (χ1v) is 11.0. The normalized spacial score (nSPS) is 11.9.